The average Bonchev–Trinajstić information content (AvgIpc) is 2.39. The largest absolute Gasteiger partial charge is 0.481 e. The van der Waals surface area contributed by atoms with Crippen molar-refractivity contribution in [3.05, 3.63) is 0 Å². The molecule has 0 aliphatic carbocycles. The van der Waals surface area contributed by atoms with Gasteiger partial charge in [0.15, 0.2) is 0 Å². The standard InChI is InChI=1S/C12H22N2O4/c1-2-13(7-5-11(16)17)12(18)14-6-3-4-10(8-14)9-15/h10,15H,2-9H2,1H3,(H,16,17). The van der Waals surface area contributed by atoms with Crippen molar-refractivity contribution in [3.8, 4) is 0 Å². The molecule has 1 saturated heterocycles. The highest BCUT2D eigenvalue weighted by atomic mass is 16.4. The Balaban J connectivity index is 2.51. The van der Waals surface area contributed by atoms with E-state index in [0.29, 0.717) is 19.6 Å². The smallest absolute Gasteiger partial charge is 0.320 e. The molecule has 6 heteroatoms. The number of hydrogen-bond donors (Lipinski definition) is 2. The van der Waals surface area contributed by atoms with Gasteiger partial charge in [-0.25, -0.2) is 4.79 Å². The summed E-state index contributed by atoms with van der Waals surface area (Å²) in [5, 5.41) is 17.8. The van der Waals surface area contributed by atoms with Gasteiger partial charge >= 0.3 is 12.0 Å². The molecule has 0 aromatic heterocycles. The van der Waals surface area contributed by atoms with Crippen molar-refractivity contribution in [1.29, 1.82) is 0 Å². The number of nitrogens with zero attached hydrogens (tertiary/aromatic N) is 2. The number of carboxylic acids is 1. The second-order valence-corrected chi connectivity index (χ2v) is 4.64. The molecule has 18 heavy (non-hydrogen) atoms. The molecule has 1 unspecified atom stereocenters. The molecule has 1 rings (SSSR count). The Kier molecular flexibility index (Phi) is 5.91. The molecule has 1 fully saturated rings. The Morgan fingerprint density at radius 3 is 2.72 bits per heavy atom. The highest BCUT2D eigenvalue weighted by Gasteiger charge is 2.26. The van der Waals surface area contributed by atoms with Crippen molar-refractivity contribution in [2.75, 3.05) is 32.8 Å². The Morgan fingerprint density at radius 2 is 2.17 bits per heavy atom. The fourth-order valence-corrected chi connectivity index (χ4v) is 2.21. The zero-order valence-electron chi connectivity index (χ0n) is 10.8. The van der Waals surface area contributed by atoms with Gasteiger partial charge in [0.05, 0.1) is 6.42 Å². The molecular formula is C12H22N2O4. The van der Waals surface area contributed by atoms with E-state index >= 15 is 0 Å². The molecule has 0 radical (unpaired) electrons. The molecular weight excluding hydrogens is 236 g/mol. The Morgan fingerprint density at radius 1 is 1.44 bits per heavy atom. The number of hydrogen-bond acceptors (Lipinski definition) is 3. The van der Waals surface area contributed by atoms with Crippen LogP contribution in [0.5, 0.6) is 0 Å². The molecule has 0 aromatic rings. The maximum atomic E-state index is 12.2. The number of amides is 2. The van der Waals surface area contributed by atoms with E-state index in [1.165, 1.54) is 0 Å². The number of piperidine rings is 1. The molecule has 2 amide bonds. The lowest BCUT2D eigenvalue weighted by Crippen LogP contribution is -2.48. The van der Waals surface area contributed by atoms with E-state index in [1.54, 1.807) is 9.80 Å². The quantitative estimate of drug-likeness (QED) is 0.757. The van der Waals surface area contributed by atoms with Gasteiger partial charge < -0.3 is 20.0 Å². The van der Waals surface area contributed by atoms with Crippen LogP contribution >= 0.6 is 0 Å². The summed E-state index contributed by atoms with van der Waals surface area (Å²) < 4.78 is 0. The molecule has 1 atom stereocenters. The number of urea groups is 1. The molecule has 0 aromatic carbocycles. The molecule has 104 valence electrons. The highest BCUT2D eigenvalue weighted by molar-refractivity contribution is 5.75. The van der Waals surface area contributed by atoms with Crippen molar-refractivity contribution < 1.29 is 19.8 Å². The van der Waals surface area contributed by atoms with Crippen molar-refractivity contribution in [2.24, 2.45) is 5.92 Å². The number of likely N-dealkylation sites (tertiary alicyclic amines) is 1. The van der Waals surface area contributed by atoms with Crippen molar-refractivity contribution >= 4 is 12.0 Å². The number of carbonyl (C=O) groups excluding carboxylic acids is 1. The minimum absolute atomic E-state index is 0.0309. The zero-order valence-corrected chi connectivity index (χ0v) is 10.8. The van der Waals surface area contributed by atoms with Gasteiger partial charge in [-0.05, 0) is 25.7 Å². The molecule has 1 aliphatic heterocycles. The van der Waals surface area contributed by atoms with Crippen LogP contribution in [0.25, 0.3) is 0 Å². The summed E-state index contributed by atoms with van der Waals surface area (Å²) >= 11 is 0. The van der Waals surface area contributed by atoms with Crippen molar-refractivity contribution in [2.45, 2.75) is 26.2 Å². The fraction of sp³-hybridized carbons (Fsp3) is 0.833. The van der Waals surface area contributed by atoms with E-state index in [0.717, 1.165) is 12.8 Å². The summed E-state index contributed by atoms with van der Waals surface area (Å²) in [6.07, 6.45) is 1.81. The van der Waals surface area contributed by atoms with Crippen LogP contribution in [0.4, 0.5) is 4.79 Å². The van der Waals surface area contributed by atoms with Crippen molar-refractivity contribution in [3.63, 3.8) is 0 Å². The number of carboxylic acid groups (broad SMARTS) is 1. The predicted octanol–water partition coefficient (Wildman–Crippen LogP) is 0.607. The van der Waals surface area contributed by atoms with Gasteiger partial charge in [-0.1, -0.05) is 0 Å². The maximum Gasteiger partial charge on any atom is 0.320 e. The maximum absolute atomic E-state index is 12.2. The van der Waals surface area contributed by atoms with Gasteiger partial charge in [0.25, 0.3) is 0 Å². The fourth-order valence-electron chi connectivity index (χ4n) is 2.21. The topological polar surface area (TPSA) is 81.1 Å². The third kappa shape index (κ3) is 4.18. The van der Waals surface area contributed by atoms with Gasteiger partial charge in [-0.15, -0.1) is 0 Å². The molecule has 0 saturated carbocycles. The molecule has 6 nitrogen and oxygen atoms in total. The van der Waals surface area contributed by atoms with E-state index in [-0.39, 0.29) is 31.5 Å². The second-order valence-electron chi connectivity index (χ2n) is 4.64. The first-order chi connectivity index (χ1) is 8.58. The van der Waals surface area contributed by atoms with Crippen LogP contribution in [0.1, 0.15) is 26.2 Å². The molecule has 1 heterocycles. The van der Waals surface area contributed by atoms with E-state index in [4.69, 9.17) is 10.2 Å². The molecule has 2 N–H and O–H groups in total. The van der Waals surface area contributed by atoms with E-state index in [2.05, 4.69) is 0 Å². The first kappa shape index (κ1) is 14.8. The second kappa shape index (κ2) is 7.20. The third-order valence-electron chi connectivity index (χ3n) is 3.30. The first-order valence-electron chi connectivity index (χ1n) is 6.45. The number of aliphatic carboxylic acids is 1. The Hall–Kier alpha value is -1.30. The summed E-state index contributed by atoms with van der Waals surface area (Å²) in [6.45, 7) is 3.95. The Bertz CT molecular complexity index is 296. The van der Waals surface area contributed by atoms with Gasteiger partial charge in [0.1, 0.15) is 0 Å². The lowest BCUT2D eigenvalue weighted by Gasteiger charge is -2.35. The lowest BCUT2D eigenvalue weighted by molar-refractivity contribution is -0.137. The summed E-state index contributed by atoms with van der Waals surface area (Å²) in [6, 6.07) is -0.114. The summed E-state index contributed by atoms with van der Waals surface area (Å²) in [4.78, 5) is 26.0. The van der Waals surface area contributed by atoms with Crippen LogP contribution in [0.3, 0.4) is 0 Å². The first-order valence-corrected chi connectivity index (χ1v) is 6.45. The minimum atomic E-state index is -0.895. The molecule has 1 aliphatic rings. The zero-order chi connectivity index (χ0) is 13.5. The number of aliphatic hydroxyl groups is 1. The number of rotatable bonds is 5. The average molecular weight is 258 g/mol. The van der Waals surface area contributed by atoms with Crippen LogP contribution < -0.4 is 0 Å². The summed E-state index contributed by atoms with van der Waals surface area (Å²) in [7, 11) is 0. The van der Waals surface area contributed by atoms with Crippen LogP contribution in [0.15, 0.2) is 0 Å². The van der Waals surface area contributed by atoms with Gasteiger partial charge in [-0.3, -0.25) is 4.79 Å². The highest BCUT2D eigenvalue weighted by Crippen LogP contribution is 2.17. The van der Waals surface area contributed by atoms with Crippen LogP contribution in [0, 0.1) is 5.92 Å². The van der Waals surface area contributed by atoms with Crippen molar-refractivity contribution in [1.82, 2.24) is 9.80 Å². The summed E-state index contributed by atoms with van der Waals surface area (Å²) in [5.74, 6) is -0.742. The molecule has 0 spiro atoms. The monoisotopic (exact) mass is 258 g/mol. The van der Waals surface area contributed by atoms with E-state index in [9.17, 15) is 9.59 Å². The van der Waals surface area contributed by atoms with Gasteiger partial charge in [0.2, 0.25) is 0 Å². The van der Waals surface area contributed by atoms with Gasteiger partial charge in [-0.2, -0.15) is 0 Å². The minimum Gasteiger partial charge on any atom is -0.481 e. The lowest BCUT2D eigenvalue weighted by atomic mass is 9.99. The number of carbonyl (C=O) groups is 2. The van der Waals surface area contributed by atoms with Crippen LogP contribution in [0.2, 0.25) is 0 Å². The van der Waals surface area contributed by atoms with E-state index < -0.39 is 5.97 Å². The number of aliphatic hydroxyl groups excluding tert-OH is 1. The summed E-state index contributed by atoms with van der Waals surface area (Å²) in [5.41, 5.74) is 0. The SMILES string of the molecule is CCN(CCC(=O)O)C(=O)N1CCCC(CO)C1. The van der Waals surface area contributed by atoms with Crippen LogP contribution in [-0.2, 0) is 4.79 Å². The predicted molar refractivity (Wildman–Crippen MR) is 66.3 cm³/mol. The normalized spacial score (nSPS) is 19.7. The molecule has 0 bridgehead atoms. The van der Waals surface area contributed by atoms with Gasteiger partial charge in [0, 0.05) is 32.8 Å². The Labute approximate surface area is 107 Å². The van der Waals surface area contributed by atoms with Crippen LogP contribution in [-0.4, -0.2) is 64.8 Å². The third-order valence-corrected chi connectivity index (χ3v) is 3.30. The van der Waals surface area contributed by atoms with E-state index in [1.807, 2.05) is 6.92 Å².